The fraction of sp³-hybridized carbons (Fsp3) is 0.845. The number of hydrogen-bond donors (Lipinski definition) is 8. The molecule has 724 valence electrons. The monoisotopic (exact) mass is 1820 g/mol. The first-order chi connectivity index (χ1) is 52.8. The van der Waals surface area contributed by atoms with Gasteiger partial charge in [-0.15, -0.1) is 0 Å². The number of amides is 3. The number of guanidine groups is 1. The molecule has 33 nitrogen and oxygen atoms in total. The molecule has 0 bridgehead atoms. The zero-order chi connectivity index (χ0) is 99.2. The quantitative estimate of drug-likeness (QED) is 0.0458. The number of carboxylic acids is 1. The van der Waals surface area contributed by atoms with E-state index in [1.165, 1.54) is 67.7 Å². The van der Waals surface area contributed by atoms with Crippen molar-refractivity contribution in [3.8, 4) is 0 Å². The second kappa shape index (κ2) is 57.0. The predicted octanol–water partition coefficient (Wildman–Crippen LogP) is 12.8. The lowest BCUT2D eigenvalue weighted by molar-refractivity contribution is -0.149. The van der Waals surface area contributed by atoms with Crippen molar-refractivity contribution < 1.29 is 101 Å². The van der Waals surface area contributed by atoms with E-state index >= 15 is 0 Å². The van der Waals surface area contributed by atoms with Gasteiger partial charge in [-0.05, 0) is 255 Å². The Kier molecular flexibility index (Phi) is 62.8. The van der Waals surface area contributed by atoms with E-state index in [-0.39, 0.29) is 69.6 Å². The molecular weight excluding hydrogens is 1640 g/mol. The lowest BCUT2D eigenvalue weighted by atomic mass is 9.96. The number of primary amides is 1. The standard InChI is InChI=1S/C12H16O3.C10H20N2O2.C8H18N2.C8H17NO.C6H13NO2.C6H12O2.C5H13N3.C5H13NO2S.C5H11NO.2C5H12O2S.C5H10O2.C4H10O3S/c1-12(2,3)15-11(13)14-9-10-7-5-4-6-8-10;1-10(2,3)12-7-5-11(6-8-12)9(13)14-4;1-8(2,3)10-6-4-9-5-7-10;1-8(2,3)9-4-6-10-7-5-9;1-6(2,3)7-5(8)9-4;1-6(2,3)5(7)8-4;1-5(2,3)8-4(6)7;1-5(2,3)6-9(4,7)8;1-5(2,3)4(6)7;2*1-5(2,3)8(4,6)7;1-5(2,3)4(6)7;1-4(2,3)8(5,6)7/h4-8H,9H2,1-3H3;5-8H2,1-4H3;9H,4-7H2,1-3H3;4-7H2,1-3H3;1-4H3,(H,7,8);1-4H3;1-3H3,(H4,6,7,8);6H,1-4H3;1-3H3,(H2,6,7);2*1-4H3;1-3H3,(H,6,7);1-3H3,(H,5,6,7). The predicted molar refractivity (Wildman–Crippen MR) is 495 cm³/mol. The van der Waals surface area contributed by atoms with Crippen LogP contribution in [0.2, 0.25) is 0 Å². The van der Waals surface area contributed by atoms with Crippen LogP contribution in [0.4, 0.5) is 14.4 Å². The minimum Gasteiger partial charge on any atom is -0.481 e. The Morgan fingerprint density at radius 3 is 0.967 bits per heavy atom. The first-order valence-electron chi connectivity index (χ1n) is 40.0. The van der Waals surface area contributed by atoms with Gasteiger partial charge in [-0.2, -0.15) is 8.42 Å². The van der Waals surface area contributed by atoms with Crippen molar-refractivity contribution >= 4 is 82.0 Å². The number of rotatable bonds is 3. The van der Waals surface area contributed by atoms with Crippen molar-refractivity contribution in [1.82, 2.24) is 35.0 Å². The van der Waals surface area contributed by atoms with Gasteiger partial charge in [0.25, 0.3) is 10.1 Å². The lowest BCUT2D eigenvalue weighted by Crippen LogP contribution is -2.54. The number of nitrogens with zero attached hydrogens (tertiary/aromatic N) is 5. The van der Waals surface area contributed by atoms with Crippen LogP contribution in [0.1, 0.15) is 276 Å². The number of hydrogen-bond acceptors (Lipinski definition) is 25. The second-order valence-corrected chi connectivity index (χ2v) is 51.0. The van der Waals surface area contributed by atoms with Gasteiger partial charge < -0.3 is 66.3 Å². The van der Waals surface area contributed by atoms with Crippen LogP contribution in [0.5, 0.6) is 0 Å². The number of alkyl carbamates (subject to hydrolysis) is 1. The number of nitrogens with two attached hydrogens (primary N) is 3. The molecule has 0 aliphatic carbocycles. The van der Waals surface area contributed by atoms with Gasteiger partial charge in [0.15, 0.2) is 25.6 Å². The summed E-state index contributed by atoms with van der Waals surface area (Å²) >= 11 is 0. The average molecular weight is 1820 g/mol. The zero-order valence-corrected chi connectivity index (χ0v) is 87.0. The molecule has 121 heavy (non-hydrogen) atoms. The number of carbonyl (C=O) groups is 6. The first kappa shape index (κ1) is 133. The maximum absolute atomic E-state index is 11.2. The van der Waals surface area contributed by atoms with Crippen LogP contribution in [0.3, 0.4) is 0 Å². The van der Waals surface area contributed by atoms with Gasteiger partial charge in [-0.3, -0.25) is 33.6 Å². The third-order valence-electron chi connectivity index (χ3n) is 15.1. The highest BCUT2D eigenvalue weighted by atomic mass is 32.2. The van der Waals surface area contributed by atoms with Crippen LogP contribution < -0.4 is 32.6 Å². The molecule has 0 atom stereocenters. The number of benzene rings is 1. The number of sulfonamides is 1. The molecule has 3 amide bonds. The Hall–Kier alpha value is -5.77. The van der Waals surface area contributed by atoms with Crippen LogP contribution in [0.25, 0.3) is 0 Å². The molecule has 3 fully saturated rings. The molecule has 0 aromatic heterocycles. The summed E-state index contributed by atoms with van der Waals surface area (Å²) in [6, 6.07) is 9.49. The van der Waals surface area contributed by atoms with E-state index in [1.807, 2.05) is 92.6 Å². The number of nitrogens with one attached hydrogen (secondary N) is 3. The van der Waals surface area contributed by atoms with Crippen LogP contribution in [-0.4, -0.2) is 277 Å². The number of piperazine rings is 2. The largest absolute Gasteiger partial charge is 0.509 e. The van der Waals surface area contributed by atoms with Crippen molar-refractivity contribution in [2.75, 3.05) is 119 Å². The van der Waals surface area contributed by atoms with Gasteiger partial charge >= 0.3 is 30.3 Å². The first-order valence-corrected chi connectivity index (χ1v) is 47.1. The number of methoxy groups -OCH3 is 3. The number of esters is 1. The van der Waals surface area contributed by atoms with E-state index in [4.69, 9.17) is 41.1 Å². The summed E-state index contributed by atoms with van der Waals surface area (Å²) in [5.74, 6) is -1.03. The van der Waals surface area contributed by atoms with Crippen LogP contribution >= 0.6 is 0 Å². The zero-order valence-electron chi connectivity index (χ0n) is 83.7. The Bertz CT molecular complexity index is 3390. The number of carbonyl (C=O) groups excluding carboxylic acids is 5. The highest BCUT2D eigenvalue weighted by Gasteiger charge is 2.31. The van der Waals surface area contributed by atoms with Gasteiger partial charge in [0.1, 0.15) is 12.2 Å². The minimum absolute atomic E-state index is 0.140. The third kappa shape index (κ3) is 88.9. The van der Waals surface area contributed by atoms with E-state index in [0.29, 0.717) is 11.1 Å². The van der Waals surface area contributed by atoms with E-state index in [1.54, 1.807) is 130 Å². The Morgan fingerprint density at radius 2 is 0.802 bits per heavy atom. The summed E-state index contributed by atoms with van der Waals surface area (Å²) in [6.07, 6.45) is 2.41. The minimum atomic E-state index is -3.84. The van der Waals surface area contributed by atoms with Crippen LogP contribution in [0, 0.1) is 16.2 Å². The molecule has 0 spiro atoms. The van der Waals surface area contributed by atoms with Gasteiger partial charge in [-0.1, -0.05) is 51.1 Å². The van der Waals surface area contributed by atoms with Crippen molar-refractivity contribution in [1.29, 1.82) is 0 Å². The summed E-state index contributed by atoms with van der Waals surface area (Å²) in [5.41, 5.74) is 14.5. The van der Waals surface area contributed by atoms with Gasteiger partial charge in [0, 0.05) is 111 Å². The number of morpholine rings is 1. The SMILES string of the molecule is CC(C)(C)C(=O)O.CC(C)(C)C(N)=O.CC(C)(C)N1CCNCC1.CC(C)(C)N1CCOCC1.CC(C)(C)N=C(N)N.CC(C)(C)NS(C)(=O)=O.CC(C)(C)OC(=O)OCc1ccccc1.CC(C)(C)S(=O)(=O)O.CC(C)(C)S(C)(=O)=O.CC(C)(C)S(C)(=O)=O.COC(=O)C(C)(C)C.COC(=O)N1CCN(C(C)(C)C)CC1.COC(=O)NC(C)(C)C. The maximum atomic E-state index is 11.2. The van der Waals surface area contributed by atoms with Crippen LogP contribution in [0.15, 0.2) is 35.3 Å². The van der Waals surface area contributed by atoms with E-state index in [0.717, 1.165) is 77.4 Å². The molecule has 1 aromatic rings. The molecule has 11 N–H and O–H groups in total. The highest BCUT2D eigenvalue weighted by Crippen LogP contribution is 2.20. The second-order valence-electron chi connectivity index (χ2n) is 41.5. The van der Waals surface area contributed by atoms with Crippen molar-refractivity contribution in [2.24, 2.45) is 38.4 Å². The Morgan fingerprint density at radius 1 is 0.479 bits per heavy atom. The van der Waals surface area contributed by atoms with Crippen molar-refractivity contribution in [3.63, 3.8) is 0 Å². The van der Waals surface area contributed by atoms with Gasteiger partial charge in [0.2, 0.25) is 15.9 Å². The topological polar surface area (TPSA) is 474 Å². The molecule has 3 aliphatic heterocycles. The van der Waals surface area contributed by atoms with E-state index in [2.05, 4.69) is 112 Å². The van der Waals surface area contributed by atoms with Crippen LogP contribution in [-0.2, 0) is 89.2 Å². The molecule has 3 saturated heterocycles. The molecule has 3 aliphatic rings. The summed E-state index contributed by atoms with van der Waals surface area (Å²) in [4.78, 5) is 76.8. The van der Waals surface area contributed by atoms with Gasteiger partial charge in [-0.25, -0.2) is 49.4 Å². The van der Waals surface area contributed by atoms with Gasteiger partial charge in [0.05, 0.1) is 71.4 Å². The normalized spacial score (nSPS) is 14.8. The molecule has 37 heteroatoms. The Balaban J connectivity index is -0.000000162. The van der Waals surface area contributed by atoms with Crippen molar-refractivity contribution in [2.45, 2.75) is 330 Å². The highest BCUT2D eigenvalue weighted by molar-refractivity contribution is 7.92. The Labute approximate surface area is 736 Å². The molecular formula is C84H177N11O22S4. The summed E-state index contributed by atoms with van der Waals surface area (Å²) in [5, 5.41) is 14.2. The fourth-order valence-electron chi connectivity index (χ4n) is 6.86. The summed E-state index contributed by atoms with van der Waals surface area (Å²) < 4.78 is 121. The van der Waals surface area contributed by atoms with E-state index < -0.39 is 77.2 Å². The molecule has 0 unspecified atom stereocenters. The number of aliphatic carboxylic acids is 1. The number of sulfone groups is 2. The van der Waals surface area contributed by atoms with Crippen molar-refractivity contribution in [3.05, 3.63) is 35.9 Å². The summed E-state index contributed by atoms with van der Waals surface area (Å²) in [7, 11) is -8.38. The molecule has 3 heterocycles. The third-order valence-corrected chi connectivity index (χ3v) is 22.1. The number of ether oxygens (including phenoxy) is 6. The number of carboxylic acid groups (broad SMARTS) is 1. The molecule has 4 rings (SSSR count). The fourth-order valence-corrected chi connectivity index (χ4v) is 7.97. The maximum Gasteiger partial charge on any atom is 0.509 e. The molecule has 0 saturated carbocycles. The summed E-state index contributed by atoms with van der Waals surface area (Å²) in [6.45, 7) is 85.0. The van der Waals surface area contributed by atoms with E-state index in [9.17, 15) is 62.4 Å². The lowest BCUT2D eigenvalue weighted by Gasteiger charge is -2.41. The number of aliphatic imine (C=N–C) groups is 1. The smallest absolute Gasteiger partial charge is 0.481 e. The molecule has 1 aromatic carbocycles. The average Bonchev–Trinajstić information content (AvgIpc) is 0.849. The molecule has 0 radical (unpaired) electrons.